The Morgan fingerprint density at radius 2 is 1.71 bits per heavy atom. The summed E-state index contributed by atoms with van der Waals surface area (Å²) in [5.41, 5.74) is 1.15. The number of aromatic nitrogens is 1. The normalized spacial score (nSPS) is 11.7. The second-order valence-corrected chi connectivity index (χ2v) is 7.65. The highest BCUT2D eigenvalue weighted by atomic mass is 16.6. The van der Waals surface area contributed by atoms with Crippen molar-refractivity contribution in [1.29, 1.82) is 0 Å². The van der Waals surface area contributed by atoms with Crippen LogP contribution in [-0.2, 0) is 16.0 Å². The summed E-state index contributed by atoms with van der Waals surface area (Å²) in [6, 6.07) is 12.0. The molecule has 0 radical (unpaired) electrons. The predicted molar refractivity (Wildman–Crippen MR) is 130 cm³/mol. The topological polar surface area (TPSA) is 128 Å². The zero-order valence-electron chi connectivity index (χ0n) is 20.0. The summed E-state index contributed by atoms with van der Waals surface area (Å²) >= 11 is 0. The molecule has 1 atom stereocenters. The highest BCUT2D eigenvalue weighted by Crippen LogP contribution is 2.31. The highest BCUT2D eigenvalue weighted by Gasteiger charge is 2.13. The first-order valence-electron chi connectivity index (χ1n) is 11.0. The van der Waals surface area contributed by atoms with Crippen molar-refractivity contribution < 1.29 is 33.6 Å². The fourth-order valence-electron chi connectivity index (χ4n) is 3.42. The number of aromatic amines is 1. The van der Waals surface area contributed by atoms with Crippen molar-refractivity contribution in [3.63, 3.8) is 0 Å². The third-order valence-electron chi connectivity index (χ3n) is 5.24. The van der Waals surface area contributed by atoms with E-state index in [-0.39, 0.29) is 18.8 Å². The number of rotatable bonds is 13. The van der Waals surface area contributed by atoms with E-state index in [4.69, 9.17) is 18.9 Å². The van der Waals surface area contributed by atoms with E-state index in [1.54, 1.807) is 32.4 Å². The number of H-pyrrole nitrogens is 1. The smallest absolute Gasteiger partial charge is 0.343 e. The third-order valence-corrected chi connectivity index (χ3v) is 5.24. The van der Waals surface area contributed by atoms with Gasteiger partial charge in [-0.2, -0.15) is 0 Å². The van der Waals surface area contributed by atoms with E-state index in [2.05, 4.69) is 15.0 Å². The van der Waals surface area contributed by atoms with Gasteiger partial charge >= 0.3 is 5.97 Å². The number of fused-ring (bicyclic) bond motifs is 1. The van der Waals surface area contributed by atoms with Gasteiger partial charge < -0.3 is 39.1 Å². The van der Waals surface area contributed by atoms with Crippen LogP contribution in [0, 0.1) is 0 Å². The van der Waals surface area contributed by atoms with E-state index in [9.17, 15) is 14.7 Å². The Hall–Kier alpha value is -3.76. The number of aliphatic hydroxyl groups excluding tert-OH is 1. The Morgan fingerprint density at radius 1 is 0.971 bits per heavy atom. The number of carbonyl (C=O) groups is 1. The molecule has 3 rings (SSSR count). The molecule has 0 aliphatic heterocycles. The number of benzene rings is 2. The van der Waals surface area contributed by atoms with E-state index in [1.165, 1.54) is 13.2 Å². The Bertz CT molecular complexity index is 1190. The van der Waals surface area contributed by atoms with Crippen LogP contribution in [0.25, 0.3) is 10.9 Å². The van der Waals surface area contributed by atoms with Gasteiger partial charge in [0.05, 0.1) is 26.8 Å². The van der Waals surface area contributed by atoms with Crippen molar-refractivity contribution >= 4 is 16.9 Å². The molecule has 1 aromatic heterocycles. The number of carbonyl (C=O) groups excluding carboxylic acids is 1. The molecule has 0 spiro atoms. The molecule has 35 heavy (non-hydrogen) atoms. The Balaban J connectivity index is 1.53. The molecule has 1 heterocycles. The third kappa shape index (κ3) is 7.11. The van der Waals surface area contributed by atoms with Gasteiger partial charge in [-0.05, 0) is 48.9 Å². The minimum Gasteiger partial charge on any atom is -0.493 e. The summed E-state index contributed by atoms with van der Waals surface area (Å²) in [6.07, 6.45) is -0.00707. The van der Waals surface area contributed by atoms with Crippen LogP contribution in [0.3, 0.4) is 0 Å². The number of aliphatic hydroxyl groups is 1. The van der Waals surface area contributed by atoms with Gasteiger partial charge in [-0.15, -0.1) is 0 Å². The van der Waals surface area contributed by atoms with Crippen molar-refractivity contribution in [3.8, 4) is 23.0 Å². The molecule has 0 bridgehead atoms. The van der Waals surface area contributed by atoms with Crippen molar-refractivity contribution in [2.24, 2.45) is 0 Å². The second-order valence-electron chi connectivity index (χ2n) is 7.65. The number of pyridine rings is 1. The Kier molecular flexibility index (Phi) is 9.33. The number of esters is 1. The molecule has 3 aromatic rings. The van der Waals surface area contributed by atoms with Gasteiger partial charge in [0.15, 0.2) is 18.1 Å². The molecule has 2 aromatic carbocycles. The van der Waals surface area contributed by atoms with Crippen LogP contribution in [0.2, 0.25) is 0 Å². The fraction of sp³-hybridized carbons (Fsp3) is 0.360. The van der Waals surface area contributed by atoms with Crippen molar-refractivity contribution in [2.75, 3.05) is 47.6 Å². The quantitative estimate of drug-likeness (QED) is 0.244. The number of methoxy groups -OCH3 is 3. The zero-order chi connectivity index (χ0) is 25.2. The standard InChI is InChI=1S/C25H30N2O8/c1-31-20-6-4-16(12-22(20)32-2)10-11-26-13-17(28)14-34-19-7-8-21(35-15-24(30)33-3)25-18(19)5-9-23(29)27-25/h4-9,12,17,26,28H,10-11,13-15H2,1-3H3,(H,27,29). The first-order valence-corrected chi connectivity index (χ1v) is 11.0. The predicted octanol–water partition coefficient (Wildman–Crippen LogP) is 1.67. The van der Waals surface area contributed by atoms with Gasteiger partial charge in [0.1, 0.15) is 24.2 Å². The fourth-order valence-corrected chi connectivity index (χ4v) is 3.42. The minimum absolute atomic E-state index is 0.0416. The van der Waals surface area contributed by atoms with Crippen LogP contribution in [0.4, 0.5) is 0 Å². The molecular formula is C25H30N2O8. The number of hydrogen-bond donors (Lipinski definition) is 3. The lowest BCUT2D eigenvalue weighted by Crippen LogP contribution is -2.32. The second kappa shape index (κ2) is 12.6. The molecule has 1 unspecified atom stereocenters. The van der Waals surface area contributed by atoms with Gasteiger partial charge in [-0.25, -0.2) is 4.79 Å². The van der Waals surface area contributed by atoms with E-state index in [1.807, 2.05) is 18.2 Å². The van der Waals surface area contributed by atoms with Gasteiger partial charge in [0, 0.05) is 18.0 Å². The summed E-state index contributed by atoms with van der Waals surface area (Å²) in [5, 5.41) is 14.1. The highest BCUT2D eigenvalue weighted by molar-refractivity contribution is 5.90. The maximum absolute atomic E-state index is 11.8. The van der Waals surface area contributed by atoms with E-state index in [0.29, 0.717) is 47.0 Å². The lowest BCUT2D eigenvalue weighted by Gasteiger charge is -2.16. The van der Waals surface area contributed by atoms with Crippen LogP contribution < -0.4 is 29.8 Å². The summed E-state index contributed by atoms with van der Waals surface area (Å²) < 4.78 is 26.4. The summed E-state index contributed by atoms with van der Waals surface area (Å²) in [7, 11) is 4.46. The van der Waals surface area contributed by atoms with Gasteiger partial charge in [0.2, 0.25) is 5.56 Å². The van der Waals surface area contributed by atoms with E-state index in [0.717, 1.165) is 12.0 Å². The van der Waals surface area contributed by atoms with Gasteiger partial charge in [-0.1, -0.05) is 6.07 Å². The summed E-state index contributed by atoms with van der Waals surface area (Å²) in [6.45, 7) is 0.738. The molecule has 10 nitrogen and oxygen atoms in total. The van der Waals surface area contributed by atoms with Crippen LogP contribution >= 0.6 is 0 Å². The Morgan fingerprint density at radius 3 is 2.46 bits per heavy atom. The van der Waals surface area contributed by atoms with Crippen molar-refractivity contribution in [3.05, 3.63) is 58.4 Å². The first-order chi connectivity index (χ1) is 16.9. The maximum atomic E-state index is 11.8. The van der Waals surface area contributed by atoms with Crippen LogP contribution in [0.5, 0.6) is 23.0 Å². The molecule has 0 amide bonds. The van der Waals surface area contributed by atoms with Crippen LogP contribution in [0.15, 0.2) is 47.3 Å². The molecule has 0 saturated carbocycles. The average molecular weight is 487 g/mol. The summed E-state index contributed by atoms with van der Waals surface area (Å²) in [4.78, 5) is 25.9. The molecular weight excluding hydrogens is 456 g/mol. The van der Waals surface area contributed by atoms with E-state index < -0.39 is 12.1 Å². The maximum Gasteiger partial charge on any atom is 0.343 e. The molecule has 0 saturated heterocycles. The summed E-state index contributed by atoms with van der Waals surface area (Å²) in [5.74, 6) is 1.59. The van der Waals surface area contributed by atoms with Gasteiger partial charge in [0.25, 0.3) is 0 Å². The molecule has 0 aliphatic rings. The minimum atomic E-state index is -0.756. The zero-order valence-corrected chi connectivity index (χ0v) is 20.0. The number of ether oxygens (including phenoxy) is 5. The number of nitrogens with one attached hydrogen (secondary N) is 2. The lowest BCUT2D eigenvalue weighted by atomic mass is 10.1. The molecule has 188 valence electrons. The van der Waals surface area contributed by atoms with Crippen LogP contribution in [-0.4, -0.2) is 69.8 Å². The average Bonchev–Trinajstić information content (AvgIpc) is 2.88. The Labute approximate surface area is 202 Å². The number of hydrogen-bond acceptors (Lipinski definition) is 9. The van der Waals surface area contributed by atoms with Crippen molar-refractivity contribution in [1.82, 2.24) is 10.3 Å². The first kappa shape index (κ1) is 25.9. The molecule has 0 fully saturated rings. The monoisotopic (exact) mass is 486 g/mol. The molecule has 3 N–H and O–H groups in total. The molecule has 10 heteroatoms. The van der Waals surface area contributed by atoms with E-state index >= 15 is 0 Å². The SMILES string of the molecule is COC(=O)COc1ccc(OCC(O)CNCCc2ccc(OC)c(OC)c2)c2ccc(=O)[nH]c12. The van der Waals surface area contributed by atoms with Gasteiger partial charge in [-0.3, -0.25) is 4.79 Å². The molecule has 0 aliphatic carbocycles. The van der Waals surface area contributed by atoms with Crippen molar-refractivity contribution in [2.45, 2.75) is 12.5 Å². The lowest BCUT2D eigenvalue weighted by molar-refractivity contribution is -0.142. The largest absolute Gasteiger partial charge is 0.493 e. The van der Waals surface area contributed by atoms with Crippen LogP contribution in [0.1, 0.15) is 5.56 Å².